The van der Waals surface area contributed by atoms with Gasteiger partial charge in [0.15, 0.2) is 0 Å². The third kappa shape index (κ3) is 2.84. The number of benzene rings is 1. The van der Waals surface area contributed by atoms with E-state index in [0.29, 0.717) is 6.04 Å². The molecule has 3 unspecified atom stereocenters. The summed E-state index contributed by atoms with van der Waals surface area (Å²) in [5.41, 5.74) is 2.28. The maximum absolute atomic E-state index is 3.86. The van der Waals surface area contributed by atoms with Crippen LogP contribution in [0.15, 0.2) is 36.9 Å². The summed E-state index contributed by atoms with van der Waals surface area (Å²) in [7, 11) is 0. The SMILES string of the molecule is CC1CCC(Nc2cccc(-n3cnnc3)c2)C(C)C1. The molecule has 1 heterocycles. The summed E-state index contributed by atoms with van der Waals surface area (Å²) in [6.07, 6.45) is 7.36. The lowest BCUT2D eigenvalue weighted by molar-refractivity contribution is 0.276. The Hall–Kier alpha value is -1.84. The molecule has 1 aliphatic rings. The van der Waals surface area contributed by atoms with Gasteiger partial charge in [0.25, 0.3) is 0 Å². The van der Waals surface area contributed by atoms with E-state index < -0.39 is 0 Å². The van der Waals surface area contributed by atoms with Crippen molar-refractivity contribution in [2.45, 2.75) is 39.2 Å². The van der Waals surface area contributed by atoms with E-state index in [0.717, 1.165) is 17.5 Å². The number of hydrogen-bond donors (Lipinski definition) is 1. The van der Waals surface area contributed by atoms with Crippen molar-refractivity contribution in [1.29, 1.82) is 0 Å². The first-order valence-electron chi connectivity index (χ1n) is 7.44. The second kappa shape index (κ2) is 5.65. The first-order chi connectivity index (χ1) is 9.72. The molecular weight excluding hydrogens is 248 g/mol. The first kappa shape index (κ1) is 13.2. The molecule has 1 aromatic carbocycles. The van der Waals surface area contributed by atoms with E-state index in [1.165, 1.54) is 24.9 Å². The summed E-state index contributed by atoms with van der Waals surface area (Å²) in [6, 6.07) is 9.03. The number of nitrogens with one attached hydrogen (secondary N) is 1. The van der Waals surface area contributed by atoms with E-state index in [1.807, 2.05) is 4.57 Å². The summed E-state index contributed by atoms with van der Waals surface area (Å²) in [4.78, 5) is 0. The zero-order valence-electron chi connectivity index (χ0n) is 12.2. The summed E-state index contributed by atoms with van der Waals surface area (Å²) in [5, 5.41) is 11.4. The van der Waals surface area contributed by atoms with Crippen LogP contribution in [0.3, 0.4) is 0 Å². The molecule has 3 atom stereocenters. The number of anilines is 1. The summed E-state index contributed by atoms with van der Waals surface area (Å²) in [5.74, 6) is 1.60. The average molecular weight is 270 g/mol. The van der Waals surface area contributed by atoms with Crippen molar-refractivity contribution in [1.82, 2.24) is 14.8 Å². The number of rotatable bonds is 3. The Kier molecular flexibility index (Phi) is 3.72. The van der Waals surface area contributed by atoms with Crippen LogP contribution < -0.4 is 5.32 Å². The molecule has 4 nitrogen and oxygen atoms in total. The minimum absolute atomic E-state index is 0.586. The highest BCUT2D eigenvalue weighted by Crippen LogP contribution is 2.31. The van der Waals surface area contributed by atoms with Gasteiger partial charge in [0.1, 0.15) is 12.7 Å². The van der Waals surface area contributed by atoms with Gasteiger partial charge in [0, 0.05) is 11.7 Å². The number of aromatic nitrogens is 3. The molecule has 2 aromatic rings. The standard InChI is InChI=1S/C16H22N4/c1-12-6-7-16(13(2)8-12)19-14-4-3-5-15(9-14)20-10-17-18-11-20/h3-5,9-13,16,19H,6-8H2,1-2H3. The first-order valence-corrected chi connectivity index (χ1v) is 7.44. The highest BCUT2D eigenvalue weighted by molar-refractivity contribution is 5.51. The third-order valence-electron chi connectivity index (χ3n) is 4.35. The minimum Gasteiger partial charge on any atom is -0.382 e. The van der Waals surface area contributed by atoms with Gasteiger partial charge in [0.2, 0.25) is 0 Å². The second-order valence-electron chi connectivity index (χ2n) is 6.07. The van der Waals surface area contributed by atoms with Crippen LogP contribution in [0.1, 0.15) is 33.1 Å². The van der Waals surface area contributed by atoms with E-state index in [-0.39, 0.29) is 0 Å². The molecule has 0 amide bonds. The zero-order chi connectivity index (χ0) is 13.9. The van der Waals surface area contributed by atoms with Crippen molar-refractivity contribution < 1.29 is 0 Å². The minimum atomic E-state index is 0.586. The highest BCUT2D eigenvalue weighted by atomic mass is 15.2. The van der Waals surface area contributed by atoms with Gasteiger partial charge >= 0.3 is 0 Å². The van der Waals surface area contributed by atoms with Crippen LogP contribution in [0.5, 0.6) is 0 Å². The van der Waals surface area contributed by atoms with Crippen LogP contribution in [0, 0.1) is 11.8 Å². The van der Waals surface area contributed by atoms with E-state index in [2.05, 4.69) is 53.6 Å². The Bertz CT molecular complexity index is 549. The molecule has 1 fully saturated rings. The topological polar surface area (TPSA) is 42.7 Å². The maximum atomic E-state index is 3.86. The maximum Gasteiger partial charge on any atom is 0.123 e. The van der Waals surface area contributed by atoms with Gasteiger partial charge in [-0.3, -0.25) is 4.57 Å². The number of nitrogens with zero attached hydrogens (tertiary/aromatic N) is 3. The van der Waals surface area contributed by atoms with E-state index in [1.54, 1.807) is 12.7 Å². The van der Waals surface area contributed by atoms with Crippen LogP contribution in [0.2, 0.25) is 0 Å². The van der Waals surface area contributed by atoms with Crippen LogP contribution >= 0.6 is 0 Å². The predicted molar refractivity (Wildman–Crippen MR) is 80.9 cm³/mol. The van der Waals surface area contributed by atoms with Crippen LogP contribution in [-0.4, -0.2) is 20.8 Å². The van der Waals surface area contributed by atoms with Crippen LogP contribution in [0.25, 0.3) is 5.69 Å². The van der Waals surface area contributed by atoms with Gasteiger partial charge in [-0.2, -0.15) is 0 Å². The molecule has 106 valence electrons. The molecule has 0 saturated heterocycles. The monoisotopic (exact) mass is 270 g/mol. The number of hydrogen-bond acceptors (Lipinski definition) is 3. The van der Waals surface area contributed by atoms with Gasteiger partial charge in [-0.15, -0.1) is 10.2 Å². The molecule has 0 spiro atoms. The quantitative estimate of drug-likeness (QED) is 0.928. The summed E-state index contributed by atoms with van der Waals surface area (Å²) < 4.78 is 1.93. The predicted octanol–water partition coefficient (Wildman–Crippen LogP) is 3.50. The molecule has 0 radical (unpaired) electrons. The normalized spacial score (nSPS) is 26.4. The molecule has 3 rings (SSSR count). The van der Waals surface area contributed by atoms with Gasteiger partial charge in [-0.05, 0) is 49.3 Å². The van der Waals surface area contributed by atoms with E-state index in [9.17, 15) is 0 Å². The van der Waals surface area contributed by atoms with Crippen molar-refractivity contribution in [3.05, 3.63) is 36.9 Å². The second-order valence-corrected chi connectivity index (χ2v) is 6.07. The van der Waals surface area contributed by atoms with E-state index in [4.69, 9.17) is 0 Å². The molecule has 1 saturated carbocycles. The van der Waals surface area contributed by atoms with Gasteiger partial charge in [0.05, 0.1) is 5.69 Å². The highest BCUT2D eigenvalue weighted by Gasteiger charge is 2.25. The average Bonchev–Trinajstić information content (AvgIpc) is 2.96. The van der Waals surface area contributed by atoms with Crippen LogP contribution in [-0.2, 0) is 0 Å². The molecule has 4 heteroatoms. The van der Waals surface area contributed by atoms with Gasteiger partial charge in [-0.1, -0.05) is 19.9 Å². The molecule has 1 aromatic heterocycles. The molecule has 1 N–H and O–H groups in total. The summed E-state index contributed by atoms with van der Waals surface area (Å²) >= 11 is 0. The van der Waals surface area contributed by atoms with E-state index >= 15 is 0 Å². The largest absolute Gasteiger partial charge is 0.382 e. The zero-order valence-corrected chi connectivity index (χ0v) is 12.2. The molecule has 1 aliphatic carbocycles. The van der Waals surface area contributed by atoms with Gasteiger partial charge < -0.3 is 5.32 Å². The molecule has 0 bridgehead atoms. The van der Waals surface area contributed by atoms with Crippen molar-refractivity contribution in [2.75, 3.05) is 5.32 Å². The Morgan fingerprint density at radius 3 is 2.70 bits per heavy atom. The molecule has 20 heavy (non-hydrogen) atoms. The molecular formula is C16H22N4. The lowest BCUT2D eigenvalue weighted by Crippen LogP contribution is -2.32. The van der Waals surface area contributed by atoms with Crippen molar-refractivity contribution in [2.24, 2.45) is 11.8 Å². The third-order valence-corrected chi connectivity index (χ3v) is 4.35. The Morgan fingerprint density at radius 1 is 1.15 bits per heavy atom. The lowest BCUT2D eigenvalue weighted by atomic mass is 9.80. The molecule has 0 aliphatic heterocycles. The fourth-order valence-corrected chi connectivity index (χ4v) is 3.18. The van der Waals surface area contributed by atoms with Crippen LogP contribution in [0.4, 0.5) is 5.69 Å². The summed E-state index contributed by atoms with van der Waals surface area (Å²) in [6.45, 7) is 4.72. The van der Waals surface area contributed by atoms with Crippen molar-refractivity contribution >= 4 is 5.69 Å². The Labute approximate surface area is 120 Å². The van der Waals surface area contributed by atoms with Crippen molar-refractivity contribution in [3.63, 3.8) is 0 Å². The fraction of sp³-hybridized carbons (Fsp3) is 0.500. The van der Waals surface area contributed by atoms with Crippen molar-refractivity contribution in [3.8, 4) is 5.69 Å². The Morgan fingerprint density at radius 2 is 1.95 bits per heavy atom. The fourth-order valence-electron chi connectivity index (χ4n) is 3.18. The van der Waals surface area contributed by atoms with Gasteiger partial charge in [-0.25, -0.2) is 0 Å². The Balaban J connectivity index is 1.73. The smallest absolute Gasteiger partial charge is 0.123 e. The lowest BCUT2D eigenvalue weighted by Gasteiger charge is -2.34.